The zero-order valence-electron chi connectivity index (χ0n) is 13.6. The van der Waals surface area contributed by atoms with Crippen LogP contribution in [0.4, 0.5) is 4.79 Å². The fraction of sp³-hybridized carbons (Fsp3) is 0.500. The molecule has 0 atom stereocenters. The second-order valence-corrected chi connectivity index (χ2v) is 6.69. The van der Waals surface area contributed by atoms with Gasteiger partial charge in [-0.2, -0.15) is 0 Å². The lowest BCUT2D eigenvalue weighted by Gasteiger charge is -2.30. The van der Waals surface area contributed by atoms with E-state index in [0.717, 1.165) is 35.3 Å². The molecule has 1 saturated heterocycles. The zero-order valence-corrected chi connectivity index (χ0v) is 13.6. The van der Waals surface area contributed by atoms with E-state index in [4.69, 9.17) is 0 Å². The summed E-state index contributed by atoms with van der Waals surface area (Å²) in [5, 5.41) is 2.83. The summed E-state index contributed by atoms with van der Waals surface area (Å²) >= 11 is 0. The van der Waals surface area contributed by atoms with E-state index in [1.807, 2.05) is 26.0 Å². The van der Waals surface area contributed by atoms with Crippen LogP contribution in [0.15, 0.2) is 18.2 Å². The first kappa shape index (κ1) is 15.7. The van der Waals surface area contributed by atoms with Crippen molar-refractivity contribution in [2.45, 2.75) is 51.5 Å². The summed E-state index contributed by atoms with van der Waals surface area (Å²) in [6.45, 7) is 3.74. The van der Waals surface area contributed by atoms with Gasteiger partial charge in [0.05, 0.1) is 6.54 Å². The van der Waals surface area contributed by atoms with E-state index in [1.165, 1.54) is 0 Å². The number of hydrogen-bond acceptors (Lipinski definition) is 3. The van der Waals surface area contributed by atoms with E-state index in [1.54, 1.807) is 6.07 Å². The van der Waals surface area contributed by atoms with Crippen LogP contribution in [0.3, 0.4) is 0 Å². The predicted octanol–water partition coefficient (Wildman–Crippen LogP) is 2.74. The summed E-state index contributed by atoms with van der Waals surface area (Å²) in [5.41, 5.74) is 1.91. The lowest BCUT2D eigenvalue weighted by atomic mass is 9.82. The molecule has 122 valence electrons. The van der Waals surface area contributed by atoms with E-state index in [0.29, 0.717) is 18.4 Å². The van der Waals surface area contributed by atoms with Crippen molar-refractivity contribution in [1.82, 2.24) is 10.2 Å². The lowest BCUT2D eigenvalue weighted by molar-refractivity contribution is -0.132. The standard InChI is InChI=1S/C18H22N2O3/c1-12-6-7-14(10-13(12)2)15(21)11-20-16(22)18(19-17(20)23)8-4-3-5-9-18/h6-7,10H,3-5,8-9,11H2,1-2H3,(H,19,23). The van der Waals surface area contributed by atoms with Gasteiger partial charge in [-0.05, 0) is 43.9 Å². The van der Waals surface area contributed by atoms with Crippen LogP contribution >= 0.6 is 0 Å². The second kappa shape index (κ2) is 5.80. The fourth-order valence-corrected chi connectivity index (χ4v) is 3.46. The van der Waals surface area contributed by atoms with Crippen LogP contribution in [-0.4, -0.2) is 34.7 Å². The Morgan fingerprint density at radius 1 is 1.13 bits per heavy atom. The van der Waals surface area contributed by atoms with Crippen LogP contribution in [0, 0.1) is 13.8 Å². The normalized spacial score (nSPS) is 20.0. The molecule has 0 unspecified atom stereocenters. The summed E-state index contributed by atoms with van der Waals surface area (Å²) < 4.78 is 0. The highest BCUT2D eigenvalue weighted by Gasteiger charge is 2.51. The molecule has 23 heavy (non-hydrogen) atoms. The third-order valence-electron chi connectivity index (χ3n) is 5.08. The molecule has 3 amide bonds. The molecule has 2 aliphatic rings. The van der Waals surface area contributed by atoms with Crippen molar-refractivity contribution in [2.24, 2.45) is 0 Å². The van der Waals surface area contributed by atoms with Gasteiger partial charge in [-0.25, -0.2) is 4.79 Å². The molecular formula is C18H22N2O3. The first-order valence-electron chi connectivity index (χ1n) is 8.17. The number of rotatable bonds is 3. The number of nitrogens with zero attached hydrogens (tertiary/aromatic N) is 1. The van der Waals surface area contributed by atoms with Crippen molar-refractivity contribution >= 4 is 17.7 Å². The molecule has 1 aliphatic heterocycles. The summed E-state index contributed by atoms with van der Waals surface area (Å²) in [7, 11) is 0. The first-order valence-corrected chi connectivity index (χ1v) is 8.17. The van der Waals surface area contributed by atoms with E-state index in [2.05, 4.69) is 5.32 Å². The number of aryl methyl sites for hydroxylation is 2. The fourth-order valence-electron chi connectivity index (χ4n) is 3.46. The van der Waals surface area contributed by atoms with Crippen molar-refractivity contribution in [3.8, 4) is 0 Å². The smallest absolute Gasteiger partial charge is 0.323 e. The molecule has 1 N–H and O–H groups in total. The van der Waals surface area contributed by atoms with E-state index in [-0.39, 0.29) is 18.2 Å². The number of benzene rings is 1. The summed E-state index contributed by atoms with van der Waals surface area (Å²) in [6.07, 6.45) is 4.31. The summed E-state index contributed by atoms with van der Waals surface area (Å²) in [5.74, 6) is -0.441. The Labute approximate surface area is 136 Å². The molecule has 1 spiro atoms. The van der Waals surface area contributed by atoms with Crippen molar-refractivity contribution < 1.29 is 14.4 Å². The van der Waals surface area contributed by atoms with Crippen LogP contribution in [-0.2, 0) is 4.79 Å². The van der Waals surface area contributed by atoms with Gasteiger partial charge in [0.25, 0.3) is 5.91 Å². The Bertz CT molecular complexity index is 675. The number of ketones is 1. The molecule has 5 nitrogen and oxygen atoms in total. The number of carbonyl (C=O) groups excluding carboxylic acids is 3. The maximum atomic E-state index is 12.7. The Balaban J connectivity index is 1.76. The monoisotopic (exact) mass is 314 g/mol. The van der Waals surface area contributed by atoms with Crippen LogP contribution in [0.2, 0.25) is 0 Å². The highest BCUT2D eigenvalue weighted by Crippen LogP contribution is 2.33. The molecule has 0 radical (unpaired) electrons. The minimum absolute atomic E-state index is 0.186. The Hall–Kier alpha value is -2.17. The van der Waals surface area contributed by atoms with Gasteiger partial charge in [-0.1, -0.05) is 31.4 Å². The van der Waals surface area contributed by atoms with E-state index >= 15 is 0 Å². The molecule has 1 heterocycles. The number of urea groups is 1. The number of nitrogens with one attached hydrogen (secondary N) is 1. The average Bonchev–Trinajstić information content (AvgIpc) is 2.75. The molecule has 3 rings (SSSR count). The molecule has 5 heteroatoms. The second-order valence-electron chi connectivity index (χ2n) is 6.69. The maximum Gasteiger partial charge on any atom is 0.325 e. The van der Waals surface area contributed by atoms with Gasteiger partial charge in [0.1, 0.15) is 5.54 Å². The molecule has 1 saturated carbocycles. The Morgan fingerprint density at radius 3 is 2.48 bits per heavy atom. The average molecular weight is 314 g/mol. The van der Waals surface area contributed by atoms with Gasteiger partial charge < -0.3 is 5.32 Å². The Morgan fingerprint density at radius 2 is 1.83 bits per heavy atom. The Kier molecular flexibility index (Phi) is 3.96. The van der Waals surface area contributed by atoms with Gasteiger partial charge >= 0.3 is 6.03 Å². The van der Waals surface area contributed by atoms with Crippen molar-refractivity contribution in [3.05, 3.63) is 34.9 Å². The predicted molar refractivity (Wildman–Crippen MR) is 86.3 cm³/mol. The van der Waals surface area contributed by atoms with Gasteiger partial charge in [-0.15, -0.1) is 0 Å². The lowest BCUT2D eigenvalue weighted by Crippen LogP contribution is -2.48. The maximum absolute atomic E-state index is 12.7. The largest absolute Gasteiger partial charge is 0.325 e. The van der Waals surface area contributed by atoms with E-state index < -0.39 is 11.6 Å². The first-order chi connectivity index (χ1) is 10.9. The molecule has 1 aromatic carbocycles. The van der Waals surface area contributed by atoms with Crippen LogP contribution < -0.4 is 5.32 Å². The topological polar surface area (TPSA) is 66.5 Å². The molecular weight excluding hydrogens is 292 g/mol. The molecule has 0 bridgehead atoms. The van der Waals surface area contributed by atoms with Crippen molar-refractivity contribution in [3.63, 3.8) is 0 Å². The highest BCUT2D eigenvalue weighted by molar-refractivity contribution is 6.11. The zero-order chi connectivity index (χ0) is 16.6. The number of Topliss-reactive ketones (excluding diaryl/α,β-unsaturated/α-hetero) is 1. The number of amides is 3. The van der Waals surface area contributed by atoms with Crippen molar-refractivity contribution in [2.75, 3.05) is 6.54 Å². The van der Waals surface area contributed by atoms with Crippen molar-refractivity contribution in [1.29, 1.82) is 0 Å². The highest BCUT2D eigenvalue weighted by atomic mass is 16.2. The third-order valence-corrected chi connectivity index (χ3v) is 5.08. The quantitative estimate of drug-likeness (QED) is 0.689. The van der Waals surface area contributed by atoms with Gasteiger partial charge in [0.2, 0.25) is 0 Å². The van der Waals surface area contributed by atoms with Crippen LogP contribution in [0.5, 0.6) is 0 Å². The number of carbonyl (C=O) groups is 3. The van der Waals surface area contributed by atoms with Gasteiger partial charge in [0, 0.05) is 5.56 Å². The minimum Gasteiger partial charge on any atom is -0.323 e. The molecule has 1 aromatic rings. The van der Waals surface area contributed by atoms with Crippen LogP contribution in [0.25, 0.3) is 0 Å². The summed E-state index contributed by atoms with van der Waals surface area (Å²) in [4.78, 5) is 38.4. The van der Waals surface area contributed by atoms with Gasteiger partial charge in [0.15, 0.2) is 5.78 Å². The minimum atomic E-state index is -0.765. The third kappa shape index (κ3) is 2.76. The number of hydrogen-bond donors (Lipinski definition) is 1. The SMILES string of the molecule is Cc1ccc(C(=O)CN2C(=O)NC3(CCCCC3)C2=O)cc1C. The van der Waals surface area contributed by atoms with E-state index in [9.17, 15) is 14.4 Å². The number of imide groups is 1. The molecule has 1 aliphatic carbocycles. The van der Waals surface area contributed by atoms with Gasteiger partial charge in [-0.3, -0.25) is 14.5 Å². The summed E-state index contributed by atoms with van der Waals surface area (Å²) in [6, 6.07) is 5.01. The molecule has 0 aromatic heterocycles. The molecule has 2 fully saturated rings. The van der Waals surface area contributed by atoms with Crippen LogP contribution in [0.1, 0.15) is 53.6 Å².